The zero-order valence-corrected chi connectivity index (χ0v) is 19.1. The SMILES string of the molecule is Cc1ccc(C)c2sc(N3CCN(C(=O)CCS(=O)(=O)c4ccc(F)cc4)CC3)nc12. The van der Waals surface area contributed by atoms with Gasteiger partial charge in [-0.05, 0) is 49.2 Å². The molecule has 1 aromatic heterocycles. The first-order valence-electron chi connectivity index (χ1n) is 10.1. The zero-order valence-electron chi connectivity index (χ0n) is 17.5. The van der Waals surface area contributed by atoms with E-state index in [4.69, 9.17) is 4.98 Å². The molecule has 2 aromatic carbocycles. The maximum absolute atomic E-state index is 13.0. The molecule has 164 valence electrons. The second kappa shape index (κ2) is 8.55. The van der Waals surface area contributed by atoms with Crippen LogP contribution in [0.25, 0.3) is 10.2 Å². The number of anilines is 1. The second-order valence-corrected chi connectivity index (χ2v) is 10.9. The molecule has 0 radical (unpaired) electrons. The molecule has 9 heteroatoms. The number of fused-ring (bicyclic) bond motifs is 1. The lowest BCUT2D eigenvalue weighted by atomic mass is 10.1. The summed E-state index contributed by atoms with van der Waals surface area (Å²) >= 11 is 1.67. The molecule has 0 spiro atoms. The van der Waals surface area contributed by atoms with Crippen LogP contribution in [0.1, 0.15) is 17.5 Å². The highest BCUT2D eigenvalue weighted by Gasteiger charge is 2.25. The number of hydrogen-bond donors (Lipinski definition) is 0. The normalized spacial score (nSPS) is 14.9. The molecule has 1 aliphatic heterocycles. The quantitative estimate of drug-likeness (QED) is 0.544. The Bertz CT molecular complexity index is 1180. The van der Waals surface area contributed by atoms with E-state index in [9.17, 15) is 17.6 Å². The molecule has 3 aromatic rings. The molecule has 6 nitrogen and oxygen atoms in total. The Morgan fingerprint density at radius 1 is 1.03 bits per heavy atom. The summed E-state index contributed by atoms with van der Waals surface area (Å²) in [4.78, 5) is 21.3. The van der Waals surface area contributed by atoms with Gasteiger partial charge in [-0.3, -0.25) is 4.79 Å². The topological polar surface area (TPSA) is 70.6 Å². The van der Waals surface area contributed by atoms with Crippen LogP contribution in [0.15, 0.2) is 41.3 Å². The number of aryl methyl sites for hydroxylation is 2. The van der Waals surface area contributed by atoms with Crippen molar-refractivity contribution in [2.45, 2.75) is 25.2 Å². The molecule has 1 amide bonds. The average Bonchev–Trinajstić information content (AvgIpc) is 3.22. The Hall–Kier alpha value is -2.52. The summed E-state index contributed by atoms with van der Waals surface area (Å²) in [5.41, 5.74) is 3.39. The lowest BCUT2D eigenvalue weighted by molar-refractivity contribution is -0.131. The minimum absolute atomic E-state index is 0.0351. The number of benzene rings is 2. The van der Waals surface area contributed by atoms with Gasteiger partial charge in [0.25, 0.3) is 0 Å². The Balaban J connectivity index is 1.35. The van der Waals surface area contributed by atoms with Crippen molar-refractivity contribution in [3.05, 3.63) is 53.3 Å². The number of halogens is 1. The maximum Gasteiger partial charge on any atom is 0.223 e. The predicted molar refractivity (Wildman–Crippen MR) is 121 cm³/mol. The van der Waals surface area contributed by atoms with Crippen molar-refractivity contribution < 1.29 is 17.6 Å². The predicted octanol–water partition coefficient (Wildman–Crippen LogP) is 3.56. The second-order valence-electron chi connectivity index (χ2n) is 7.76. The number of carbonyl (C=O) groups is 1. The molecule has 2 heterocycles. The van der Waals surface area contributed by atoms with Crippen LogP contribution in [0.4, 0.5) is 9.52 Å². The van der Waals surface area contributed by atoms with E-state index < -0.39 is 15.7 Å². The number of aromatic nitrogens is 1. The number of rotatable bonds is 5. The summed E-state index contributed by atoms with van der Waals surface area (Å²) in [5.74, 6) is -0.957. The molecule has 0 atom stereocenters. The lowest BCUT2D eigenvalue weighted by Crippen LogP contribution is -2.49. The molecule has 0 aliphatic carbocycles. The molecule has 0 unspecified atom stereocenters. The Morgan fingerprint density at radius 2 is 1.68 bits per heavy atom. The standard InChI is InChI=1S/C22H24FN3O3S2/c1-15-3-4-16(2)21-20(15)24-22(30-21)26-12-10-25(11-13-26)19(27)9-14-31(28,29)18-7-5-17(23)6-8-18/h3-8H,9-14H2,1-2H3. The van der Waals surface area contributed by atoms with Crippen LogP contribution in [0, 0.1) is 19.7 Å². The highest BCUT2D eigenvalue weighted by molar-refractivity contribution is 7.91. The van der Waals surface area contributed by atoms with Gasteiger partial charge >= 0.3 is 0 Å². The fraction of sp³-hybridized carbons (Fsp3) is 0.364. The molecule has 0 saturated carbocycles. The van der Waals surface area contributed by atoms with Crippen molar-refractivity contribution in [2.24, 2.45) is 0 Å². The monoisotopic (exact) mass is 461 g/mol. The molecular formula is C22H24FN3O3S2. The van der Waals surface area contributed by atoms with Crippen LogP contribution in [0.3, 0.4) is 0 Å². The van der Waals surface area contributed by atoms with Gasteiger partial charge in [0.05, 0.1) is 20.9 Å². The molecule has 0 bridgehead atoms. The number of nitrogens with zero attached hydrogens (tertiary/aromatic N) is 3. The minimum Gasteiger partial charge on any atom is -0.345 e. The van der Waals surface area contributed by atoms with Gasteiger partial charge in [-0.15, -0.1) is 0 Å². The maximum atomic E-state index is 13.0. The van der Waals surface area contributed by atoms with Crippen molar-refractivity contribution in [3.8, 4) is 0 Å². The van der Waals surface area contributed by atoms with Crippen LogP contribution in [0.5, 0.6) is 0 Å². The van der Waals surface area contributed by atoms with Crippen LogP contribution >= 0.6 is 11.3 Å². The fourth-order valence-electron chi connectivity index (χ4n) is 3.67. The summed E-state index contributed by atoms with van der Waals surface area (Å²) in [7, 11) is -3.62. The number of hydrogen-bond acceptors (Lipinski definition) is 6. The molecule has 1 aliphatic rings. The smallest absolute Gasteiger partial charge is 0.223 e. The van der Waals surface area contributed by atoms with Crippen molar-refractivity contribution in [1.82, 2.24) is 9.88 Å². The number of thiazole rings is 1. The van der Waals surface area contributed by atoms with Crippen molar-refractivity contribution >= 4 is 42.4 Å². The van der Waals surface area contributed by atoms with E-state index in [1.807, 2.05) is 0 Å². The van der Waals surface area contributed by atoms with E-state index in [1.54, 1.807) is 16.2 Å². The highest BCUT2D eigenvalue weighted by Crippen LogP contribution is 2.33. The molecule has 1 fully saturated rings. The van der Waals surface area contributed by atoms with E-state index >= 15 is 0 Å². The van der Waals surface area contributed by atoms with Crippen LogP contribution in [-0.4, -0.2) is 56.1 Å². The summed E-state index contributed by atoms with van der Waals surface area (Å²) in [6, 6.07) is 8.87. The van der Waals surface area contributed by atoms with Gasteiger partial charge in [0.1, 0.15) is 5.82 Å². The molecular weight excluding hydrogens is 437 g/mol. The molecule has 4 rings (SSSR count). The summed E-state index contributed by atoms with van der Waals surface area (Å²) in [6.45, 7) is 6.53. The molecule has 1 saturated heterocycles. The van der Waals surface area contributed by atoms with E-state index in [0.29, 0.717) is 26.2 Å². The zero-order chi connectivity index (χ0) is 22.2. The number of amides is 1. The van der Waals surface area contributed by atoms with Crippen molar-refractivity contribution in [2.75, 3.05) is 36.8 Å². The number of sulfone groups is 1. The van der Waals surface area contributed by atoms with Crippen molar-refractivity contribution in [3.63, 3.8) is 0 Å². The molecule has 31 heavy (non-hydrogen) atoms. The van der Waals surface area contributed by atoms with E-state index in [1.165, 1.54) is 22.4 Å². The van der Waals surface area contributed by atoms with Crippen molar-refractivity contribution in [1.29, 1.82) is 0 Å². The lowest BCUT2D eigenvalue weighted by Gasteiger charge is -2.34. The minimum atomic E-state index is -3.62. The van der Waals surface area contributed by atoms with Gasteiger partial charge in [0.15, 0.2) is 15.0 Å². The van der Waals surface area contributed by atoms with Gasteiger partial charge in [0, 0.05) is 32.6 Å². The average molecular weight is 462 g/mol. The Labute approximate surface area is 185 Å². The summed E-state index contributed by atoms with van der Waals surface area (Å²) in [5, 5.41) is 0.957. The third-order valence-corrected chi connectivity index (χ3v) is 8.57. The third-order valence-electron chi connectivity index (χ3n) is 5.59. The fourth-order valence-corrected chi connectivity index (χ4v) is 6.06. The molecule has 0 N–H and O–H groups in total. The Kier molecular flexibility index (Phi) is 5.98. The Morgan fingerprint density at radius 3 is 2.32 bits per heavy atom. The largest absolute Gasteiger partial charge is 0.345 e. The van der Waals surface area contributed by atoms with E-state index in [0.717, 1.165) is 28.3 Å². The van der Waals surface area contributed by atoms with Crippen LogP contribution < -0.4 is 4.90 Å². The summed E-state index contributed by atoms with van der Waals surface area (Å²) in [6.07, 6.45) is -0.0841. The van der Waals surface area contributed by atoms with Crippen LogP contribution in [0.2, 0.25) is 0 Å². The van der Waals surface area contributed by atoms with E-state index in [-0.39, 0.29) is 23.0 Å². The van der Waals surface area contributed by atoms with Gasteiger partial charge in [0.2, 0.25) is 5.91 Å². The van der Waals surface area contributed by atoms with Gasteiger partial charge < -0.3 is 9.80 Å². The van der Waals surface area contributed by atoms with Gasteiger partial charge in [-0.25, -0.2) is 17.8 Å². The third kappa shape index (κ3) is 4.57. The van der Waals surface area contributed by atoms with Crippen LogP contribution in [-0.2, 0) is 14.6 Å². The van der Waals surface area contributed by atoms with Gasteiger partial charge in [-0.1, -0.05) is 23.5 Å². The first-order valence-corrected chi connectivity index (χ1v) is 12.6. The van der Waals surface area contributed by atoms with E-state index in [2.05, 4.69) is 30.9 Å². The number of carbonyl (C=O) groups excluding carboxylic acids is 1. The first kappa shape index (κ1) is 21.7. The first-order chi connectivity index (χ1) is 14.7. The highest BCUT2D eigenvalue weighted by atomic mass is 32.2. The number of piperazine rings is 1. The summed E-state index contributed by atoms with van der Waals surface area (Å²) < 4.78 is 39.0. The van der Waals surface area contributed by atoms with Gasteiger partial charge in [-0.2, -0.15) is 0 Å².